The van der Waals surface area contributed by atoms with Crippen molar-refractivity contribution in [2.75, 3.05) is 21.1 Å². The van der Waals surface area contributed by atoms with Crippen LogP contribution in [0.4, 0.5) is 4.39 Å². The van der Waals surface area contributed by atoms with Crippen LogP contribution in [0.2, 0.25) is 0 Å². The van der Waals surface area contributed by atoms with Gasteiger partial charge in [0.1, 0.15) is 17.3 Å². The van der Waals surface area contributed by atoms with Gasteiger partial charge in [0.05, 0.1) is 0 Å². The Hall–Kier alpha value is -3.14. The quantitative estimate of drug-likeness (QED) is 0.233. The number of ether oxygens (including phenoxy) is 1. The molecular formula is C26H30FIN4O2. The molecule has 34 heavy (non-hydrogen) atoms. The molecule has 8 heteroatoms. The molecule has 0 spiro atoms. The smallest absolute Gasteiger partial charge is 0.253 e. The third kappa shape index (κ3) is 7.72. The van der Waals surface area contributed by atoms with Crippen LogP contribution in [0.15, 0.2) is 71.7 Å². The number of guanidine groups is 1. The number of carbonyl (C=O) groups is 1. The molecule has 180 valence electrons. The van der Waals surface area contributed by atoms with E-state index in [4.69, 9.17) is 4.74 Å². The number of benzene rings is 3. The first kappa shape index (κ1) is 27.1. The molecule has 0 saturated carbocycles. The lowest BCUT2D eigenvalue weighted by Crippen LogP contribution is -2.36. The molecular weight excluding hydrogens is 546 g/mol. The largest absolute Gasteiger partial charge is 0.457 e. The van der Waals surface area contributed by atoms with Crippen molar-refractivity contribution in [2.45, 2.75) is 20.0 Å². The number of nitrogens with one attached hydrogen (secondary N) is 2. The van der Waals surface area contributed by atoms with Gasteiger partial charge in [-0.25, -0.2) is 4.39 Å². The Morgan fingerprint density at radius 1 is 0.941 bits per heavy atom. The summed E-state index contributed by atoms with van der Waals surface area (Å²) >= 11 is 0. The van der Waals surface area contributed by atoms with E-state index in [1.165, 1.54) is 12.1 Å². The Kier molecular flexibility index (Phi) is 10.3. The number of rotatable bonds is 7. The van der Waals surface area contributed by atoms with Crippen molar-refractivity contribution in [3.8, 4) is 11.5 Å². The molecule has 3 rings (SSSR count). The van der Waals surface area contributed by atoms with E-state index in [0.29, 0.717) is 30.4 Å². The molecule has 0 aliphatic carbocycles. The van der Waals surface area contributed by atoms with Crippen molar-refractivity contribution >= 4 is 35.8 Å². The minimum absolute atomic E-state index is 0. The number of hydrogen-bond acceptors (Lipinski definition) is 3. The highest BCUT2D eigenvalue weighted by atomic mass is 127. The highest BCUT2D eigenvalue weighted by Gasteiger charge is 2.08. The molecule has 0 saturated heterocycles. The molecule has 0 bridgehead atoms. The van der Waals surface area contributed by atoms with Gasteiger partial charge in [-0.2, -0.15) is 0 Å². The average Bonchev–Trinajstić information content (AvgIpc) is 2.82. The van der Waals surface area contributed by atoms with Crippen LogP contribution >= 0.6 is 24.0 Å². The van der Waals surface area contributed by atoms with Crippen molar-refractivity contribution in [2.24, 2.45) is 4.99 Å². The van der Waals surface area contributed by atoms with Gasteiger partial charge >= 0.3 is 0 Å². The molecule has 0 fully saturated rings. The zero-order valence-corrected chi connectivity index (χ0v) is 22.1. The Morgan fingerprint density at radius 2 is 1.53 bits per heavy atom. The maximum absolute atomic E-state index is 13.1. The highest BCUT2D eigenvalue weighted by Crippen LogP contribution is 2.26. The fourth-order valence-electron chi connectivity index (χ4n) is 3.18. The van der Waals surface area contributed by atoms with Crippen LogP contribution in [0.5, 0.6) is 11.5 Å². The molecule has 0 heterocycles. The van der Waals surface area contributed by atoms with Gasteiger partial charge in [-0.3, -0.25) is 9.79 Å². The summed E-state index contributed by atoms with van der Waals surface area (Å²) in [6, 6.07) is 19.4. The molecule has 1 amide bonds. The van der Waals surface area contributed by atoms with E-state index >= 15 is 0 Å². The van der Waals surface area contributed by atoms with Crippen LogP contribution in [0.3, 0.4) is 0 Å². The van der Waals surface area contributed by atoms with E-state index in [1.807, 2.05) is 49.4 Å². The summed E-state index contributed by atoms with van der Waals surface area (Å²) in [5, 5.41) is 6.58. The summed E-state index contributed by atoms with van der Waals surface area (Å²) in [7, 11) is 5.20. The topological polar surface area (TPSA) is 66.0 Å². The summed E-state index contributed by atoms with van der Waals surface area (Å²) in [6.45, 7) is 3.15. The third-order valence-corrected chi connectivity index (χ3v) is 5.03. The predicted octanol–water partition coefficient (Wildman–Crippen LogP) is 5.11. The van der Waals surface area contributed by atoms with Gasteiger partial charge in [-0.05, 0) is 66.1 Å². The molecule has 0 aromatic heterocycles. The number of nitrogens with zero attached hydrogens (tertiary/aromatic N) is 2. The van der Waals surface area contributed by atoms with Gasteiger partial charge < -0.3 is 20.3 Å². The molecule has 6 nitrogen and oxygen atoms in total. The normalized spacial score (nSPS) is 10.8. The van der Waals surface area contributed by atoms with E-state index in [2.05, 4.69) is 15.6 Å². The molecule has 0 aliphatic rings. The number of hydrogen-bond donors (Lipinski definition) is 2. The van der Waals surface area contributed by atoms with Crippen molar-refractivity contribution in [3.63, 3.8) is 0 Å². The molecule has 3 aromatic carbocycles. The molecule has 0 atom stereocenters. The second-order valence-corrected chi connectivity index (χ2v) is 7.83. The first-order chi connectivity index (χ1) is 15.9. The summed E-state index contributed by atoms with van der Waals surface area (Å²) in [5.41, 5.74) is 3.77. The van der Waals surface area contributed by atoms with E-state index in [1.54, 1.807) is 38.2 Å². The van der Waals surface area contributed by atoms with E-state index in [0.717, 1.165) is 22.4 Å². The second-order valence-electron chi connectivity index (χ2n) is 7.83. The summed E-state index contributed by atoms with van der Waals surface area (Å²) in [5.74, 6) is 1.68. The lowest BCUT2D eigenvalue weighted by molar-refractivity contribution is 0.0827. The first-order valence-electron chi connectivity index (χ1n) is 10.6. The van der Waals surface area contributed by atoms with E-state index in [-0.39, 0.29) is 35.7 Å². The van der Waals surface area contributed by atoms with Crippen molar-refractivity contribution in [3.05, 3.63) is 94.8 Å². The molecule has 0 aliphatic heterocycles. The summed E-state index contributed by atoms with van der Waals surface area (Å²) in [6.07, 6.45) is 0. The van der Waals surface area contributed by atoms with Crippen LogP contribution in [0.1, 0.15) is 27.0 Å². The van der Waals surface area contributed by atoms with E-state index in [9.17, 15) is 9.18 Å². The highest BCUT2D eigenvalue weighted by molar-refractivity contribution is 14.0. The Bertz CT molecular complexity index is 1120. The Morgan fingerprint density at radius 3 is 2.09 bits per heavy atom. The molecule has 0 radical (unpaired) electrons. The van der Waals surface area contributed by atoms with Crippen LogP contribution in [-0.2, 0) is 13.1 Å². The Balaban J connectivity index is 0.00000408. The zero-order chi connectivity index (χ0) is 23.8. The van der Waals surface area contributed by atoms with Gasteiger partial charge in [0.25, 0.3) is 5.91 Å². The fraction of sp³-hybridized carbons (Fsp3) is 0.231. The maximum atomic E-state index is 13.1. The van der Waals surface area contributed by atoms with Crippen molar-refractivity contribution in [1.82, 2.24) is 15.5 Å². The third-order valence-electron chi connectivity index (χ3n) is 5.03. The Labute approximate surface area is 217 Å². The number of amides is 1. The van der Waals surface area contributed by atoms with Gasteiger partial charge in [0, 0.05) is 39.8 Å². The zero-order valence-electron chi connectivity index (χ0n) is 19.8. The van der Waals surface area contributed by atoms with Crippen LogP contribution in [0, 0.1) is 12.7 Å². The van der Waals surface area contributed by atoms with Gasteiger partial charge in [-0.15, -0.1) is 24.0 Å². The number of halogens is 2. The van der Waals surface area contributed by atoms with Crippen LogP contribution in [-0.4, -0.2) is 37.9 Å². The standard InChI is InChI=1S/C26H29FN4O2.HI/c1-18-15-20(7-14-24(18)33-23-12-10-22(27)11-13-23)17-30-26(28-2)29-16-19-5-8-21(9-6-19)25(32)31(3)4;/h5-15H,16-17H2,1-4H3,(H2,28,29,30);1H. The van der Waals surface area contributed by atoms with Crippen LogP contribution in [0.25, 0.3) is 0 Å². The summed E-state index contributed by atoms with van der Waals surface area (Å²) in [4.78, 5) is 17.8. The number of aliphatic imine (C=N–C) groups is 1. The molecule has 3 aromatic rings. The second kappa shape index (κ2) is 12.9. The average molecular weight is 576 g/mol. The van der Waals surface area contributed by atoms with Crippen LogP contribution < -0.4 is 15.4 Å². The first-order valence-corrected chi connectivity index (χ1v) is 10.6. The fourth-order valence-corrected chi connectivity index (χ4v) is 3.18. The predicted molar refractivity (Wildman–Crippen MR) is 145 cm³/mol. The number of carbonyl (C=O) groups excluding carboxylic acids is 1. The van der Waals surface area contributed by atoms with Gasteiger partial charge in [0.15, 0.2) is 5.96 Å². The SMILES string of the molecule is CN=C(NCc1ccc(C(=O)N(C)C)cc1)NCc1ccc(Oc2ccc(F)cc2)c(C)c1.I. The monoisotopic (exact) mass is 576 g/mol. The van der Waals surface area contributed by atoms with E-state index < -0.39 is 0 Å². The minimum Gasteiger partial charge on any atom is -0.457 e. The molecule has 2 N–H and O–H groups in total. The summed E-state index contributed by atoms with van der Waals surface area (Å²) < 4.78 is 18.9. The van der Waals surface area contributed by atoms with Gasteiger partial charge in [-0.1, -0.05) is 24.3 Å². The van der Waals surface area contributed by atoms with Gasteiger partial charge in [0.2, 0.25) is 0 Å². The minimum atomic E-state index is -0.293. The van der Waals surface area contributed by atoms with Crippen molar-refractivity contribution in [1.29, 1.82) is 0 Å². The number of aryl methyl sites for hydroxylation is 1. The maximum Gasteiger partial charge on any atom is 0.253 e. The lowest BCUT2D eigenvalue weighted by atomic mass is 10.1. The lowest BCUT2D eigenvalue weighted by Gasteiger charge is -2.14. The molecule has 0 unspecified atom stereocenters. The van der Waals surface area contributed by atoms with Crippen molar-refractivity contribution < 1.29 is 13.9 Å².